The van der Waals surface area contributed by atoms with Crippen molar-refractivity contribution in [2.45, 2.75) is 70.6 Å². The van der Waals surface area contributed by atoms with E-state index < -0.39 is 0 Å². The van der Waals surface area contributed by atoms with E-state index in [1.807, 2.05) is 0 Å². The molecule has 2 heterocycles. The molecule has 5 nitrogen and oxygen atoms in total. The van der Waals surface area contributed by atoms with E-state index in [-0.39, 0.29) is 12.1 Å². The minimum atomic E-state index is -0.0248. The fraction of sp³-hybridized carbons (Fsp3) is 0.833. The zero-order chi connectivity index (χ0) is 16.7. The zero-order valence-electron chi connectivity index (χ0n) is 14.8. The molecule has 23 heavy (non-hydrogen) atoms. The fourth-order valence-electron chi connectivity index (χ4n) is 3.45. The molecule has 0 aromatic carbocycles. The highest BCUT2D eigenvalue weighted by Crippen LogP contribution is 2.17. The maximum Gasteiger partial charge on any atom is 0.315 e. The summed E-state index contributed by atoms with van der Waals surface area (Å²) in [5, 5.41) is 6.18. The third-order valence-corrected chi connectivity index (χ3v) is 4.74. The van der Waals surface area contributed by atoms with E-state index in [2.05, 4.69) is 36.0 Å². The number of hydrogen-bond donors (Lipinski definition) is 2. The standard InChI is InChI=1S/C18H33N3O2/c1-14(2)13-21-10-8-16(9-11-21)20-18(22)19-15(3)6-7-17-5-4-12-23-17/h15-17H,1,4-13H2,2-3H3,(H2,19,20,22). The largest absolute Gasteiger partial charge is 0.378 e. The van der Waals surface area contributed by atoms with Crippen molar-refractivity contribution in [3.8, 4) is 0 Å². The molecule has 5 heteroatoms. The summed E-state index contributed by atoms with van der Waals surface area (Å²) in [5.41, 5.74) is 1.20. The number of nitrogens with zero attached hydrogens (tertiary/aromatic N) is 1. The molecule has 0 spiro atoms. The second-order valence-electron chi connectivity index (χ2n) is 7.24. The SMILES string of the molecule is C=C(C)CN1CCC(NC(=O)NC(C)CCC2CCCO2)CC1. The molecule has 2 atom stereocenters. The third-order valence-electron chi connectivity index (χ3n) is 4.74. The van der Waals surface area contributed by atoms with Gasteiger partial charge in [-0.1, -0.05) is 12.2 Å². The van der Waals surface area contributed by atoms with Crippen LogP contribution < -0.4 is 10.6 Å². The molecule has 2 unspecified atom stereocenters. The summed E-state index contributed by atoms with van der Waals surface area (Å²) in [7, 11) is 0. The van der Waals surface area contributed by atoms with Gasteiger partial charge in [0.25, 0.3) is 0 Å². The molecule has 2 aliphatic rings. The van der Waals surface area contributed by atoms with Gasteiger partial charge in [0.05, 0.1) is 6.10 Å². The number of hydrogen-bond acceptors (Lipinski definition) is 3. The minimum Gasteiger partial charge on any atom is -0.378 e. The van der Waals surface area contributed by atoms with Crippen molar-refractivity contribution in [2.24, 2.45) is 0 Å². The molecule has 132 valence electrons. The Morgan fingerprint density at radius 3 is 2.70 bits per heavy atom. The first kappa shape index (κ1) is 18.3. The number of rotatable bonds is 7. The zero-order valence-corrected chi connectivity index (χ0v) is 14.8. The normalized spacial score (nSPS) is 24.3. The molecule has 2 N–H and O–H groups in total. The first-order valence-corrected chi connectivity index (χ1v) is 9.08. The van der Waals surface area contributed by atoms with E-state index in [9.17, 15) is 4.79 Å². The molecule has 2 fully saturated rings. The van der Waals surface area contributed by atoms with Crippen LogP contribution in [0.4, 0.5) is 4.79 Å². The van der Waals surface area contributed by atoms with Gasteiger partial charge in [0.15, 0.2) is 0 Å². The average molecular weight is 323 g/mol. The van der Waals surface area contributed by atoms with Crippen molar-refractivity contribution < 1.29 is 9.53 Å². The summed E-state index contributed by atoms with van der Waals surface area (Å²) < 4.78 is 5.63. The monoisotopic (exact) mass is 323 g/mol. The van der Waals surface area contributed by atoms with Crippen molar-refractivity contribution >= 4 is 6.03 Å². The van der Waals surface area contributed by atoms with Gasteiger partial charge in [-0.3, -0.25) is 4.90 Å². The highest BCUT2D eigenvalue weighted by molar-refractivity contribution is 5.74. The molecule has 0 aromatic rings. The van der Waals surface area contributed by atoms with Gasteiger partial charge in [0.2, 0.25) is 0 Å². The summed E-state index contributed by atoms with van der Waals surface area (Å²) in [4.78, 5) is 14.5. The lowest BCUT2D eigenvalue weighted by atomic mass is 10.0. The van der Waals surface area contributed by atoms with Crippen LogP contribution in [0.3, 0.4) is 0 Å². The number of ether oxygens (including phenoxy) is 1. The lowest BCUT2D eigenvalue weighted by molar-refractivity contribution is 0.100. The third kappa shape index (κ3) is 6.92. The summed E-state index contributed by atoms with van der Waals surface area (Å²) in [6.07, 6.45) is 6.81. The maximum atomic E-state index is 12.1. The van der Waals surface area contributed by atoms with Crippen LogP contribution in [0.5, 0.6) is 0 Å². The van der Waals surface area contributed by atoms with E-state index in [0.29, 0.717) is 12.1 Å². The predicted octanol–water partition coefficient (Wildman–Crippen LogP) is 2.67. The van der Waals surface area contributed by atoms with Crippen LogP contribution in [0, 0.1) is 0 Å². The highest BCUT2D eigenvalue weighted by Gasteiger charge is 2.21. The van der Waals surface area contributed by atoms with Gasteiger partial charge in [-0.15, -0.1) is 0 Å². The molecule has 2 saturated heterocycles. The fourth-order valence-corrected chi connectivity index (χ4v) is 3.45. The molecule has 0 bridgehead atoms. The first-order chi connectivity index (χ1) is 11.0. The van der Waals surface area contributed by atoms with Crippen molar-refractivity contribution in [1.82, 2.24) is 15.5 Å². The second kappa shape index (κ2) is 9.28. The lowest BCUT2D eigenvalue weighted by Crippen LogP contribution is -2.49. The first-order valence-electron chi connectivity index (χ1n) is 9.08. The molecular weight excluding hydrogens is 290 g/mol. The summed E-state index contributed by atoms with van der Waals surface area (Å²) >= 11 is 0. The van der Waals surface area contributed by atoms with Crippen molar-refractivity contribution in [2.75, 3.05) is 26.2 Å². The number of nitrogens with one attached hydrogen (secondary N) is 2. The molecule has 2 rings (SSSR count). The van der Waals surface area contributed by atoms with Crippen LogP contribution in [0.1, 0.15) is 52.4 Å². The van der Waals surface area contributed by atoms with Crippen molar-refractivity contribution in [3.63, 3.8) is 0 Å². The molecule has 0 radical (unpaired) electrons. The Labute approximate surface area is 140 Å². The second-order valence-corrected chi connectivity index (χ2v) is 7.24. The Morgan fingerprint density at radius 2 is 2.09 bits per heavy atom. The number of amides is 2. The van der Waals surface area contributed by atoms with E-state index in [1.165, 1.54) is 18.4 Å². The van der Waals surface area contributed by atoms with Gasteiger partial charge in [0, 0.05) is 38.3 Å². The highest BCUT2D eigenvalue weighted by atomic mass is 16.5. The summed E-state index contributed by atoms with van der Waals surface area (Å²) in [5.74, 6) is 0. The van der Waals surface area contributed by atoms with Crippen molar-refractivity contribution in [1.29, 1.82) is 0 Å². The van der Waals surface area contributed by atoms with Gasteiger partial charge in [-0.05, 0) is 52.4 Å². The van der Waals surface area contributed by atoms with Crippen LogP contribution in [-0.4, -0.2) is 55.4 Å². The number of urea groups is 1. The predicted molar refractivity (Wildman–Crippen MR) is 93.6 cm³/mol. The quantitative estimate of drug-likeness (QED) is 0.708. The van der Waals surface area contributed by atoms with Crippen LogP contribution in [0.15, 0.2) is 12.2 Å². The van der Waals surface area contributed by atoms with E-state index >= 15 is 0 Å². The Kier molecular flexibility index (Phi) is 7.37. The number of carbonyl (C=O) groups excluding carboxylic acids is 1. The summed E-state index contributed by atoms with van der Waals surface area (Å²) in [6.45, 7) is 12.0. The Morgan fingerprint density at radius 1 is 1.35 bits per heavy atom. The van der Waals surface area contributed by atoms with Crippen molar-refractivity contribution in [3.05, 3.63) is 12.2 Å². The van der Waals surface area contributed by atoms with Gasteiger partial charge in [-0.25, -0.2) is 4.79 Å². The minimum absolute atomic E-state index is 0.0248. The summed E-state index contributed by atoms with van der Waals surface area (Å²) in [6, 6.07) is 0.465. The number of likely N-dealkylation sites (tertiary alicyclic amines) is 1. The lowest BCUT2D eigenvalue weighted by Gasteiger charge is -2.32. The van der Waals surface area contributed by atoms with Gasteiger partial charge in [0.1, 0.15) is 0 Å². The van der Waals surface area contributed by atoms with Gasteiger partial charge in [-0.2, -0.15) is 0 Å². The molecule has 0 aromatic heterocycles. The topological polar surface area (TPSA) is 53.6 Å². The molecule has 2 aliphatic heterocycles. The van der Waals surface area contributed by atoms with Gasteiger partial charge >= 0.3 is 6.03 Å². The van der Waals surface area contributed by atoms with E-state index in [4.69, 9.17) is 4.74 Å². The van der Waals surface area contributed by atoms with E-state index in [0.717, 1.165) is 51.9 Å². The number of piperidine rings is 1. The Hall–Kier alpha value is -1.07. The molecule has 2 amide bonds. The Bertz CT molecular complexity index is 386. The van der Waals surface area contributed by atoms with Crippen LogP contribution in [0.2, 0.25) is 0 Å². The molecule has 0 aliphatic carbocycles. The van der Waals surface area contributed by atoms with Crippen LogP contribution in [-0.2, 0) is 4.74 Å². The smallest absolute Gasteiger partial charge is 0.315 e. The molecular formula is C18H33N3O2. The van der Waals surface area contributed by atoms with Crippen LogP contribution >= 0.6 is 0 Å². The van der Waals surface area contributed by atoms with Gasteiger partial charge < -0.3 is 15.4 Å². The Balaban J connectivity index is 1.58. The van der Waals surface area contributed by atoms with E-state index in [1.54, 1.807) is 0 Å². The maximum absolute atomic E-state index is 12.1. The van der Waals surface area contributed by atoms with Crippen LogP contribution in [0.25, 0.3) is 0 Å². The number of carbonyl (C=O) groups is 1. The average Bonchev–Trinajstić information content (AvgIpc) is 3.00. The molecule has 0 saturated carbocycles.